The van der Waals surface area contributed by atoms with Crippen molar-refractivity contribution in [2.24, 2.45) is 0 Å². The molecular weight excluding hydrogens is 348 g/mol. The fraction of sp³-hybridized carbons (Fsp3) is 0.438. The van der Waals surface area contributed by atoms with E-state index in [9.17, 15) is 22.8 Å². The van der Waals surface area contributed by atoms with Gasteiger partial charge in [0.2, 0.25) is 10.0 Å². The second-order valence-electron chi connectivity index (χ2n) is 6.04. The van der Waals surface area contributed by atoms with E-state index < -0.39 is 16.1 Å². The van der Waals surface area contributed by atoms with Crippen molar-refractivity contribution in [2.45, 2.75) is 30.7 Å². The van der Waals surface area contributed by atoms with Gasteiger partial charge in [-0.05, 0) is 31.9 Å². The van der Waals surface area contributed by atoms with Gasteiger partial charge in [-0.15, -0.1) is 0 Å². The minimum atomic E-state index is -3.73. The summed E-state index contributed by atoms with van der Waals surface area (Å²) in [5, 5.41) is 0. The van der Waals surface area contributed by atoms with Crippen molar-refractivity contribution in [1.82, 2.24) is 9.21 Å². The molecular formula is C16H18N2O6S. The smallest absolute Gasteiger partial charge is 0.417 e. The lowest BCUT2D eigenvalue weighted by atomic mass is 10.1. The SMILES string of the molecule is CC(=O)c1cccc(S(=O)(=O)N2CCC(N3C(=O)COC3=O)CC2)c1. The number of hydrogen-bond acceptors (Lipinski definition) is 6. The molecule has 2 aliphatic rings. The molecule has 2 saturated heterocycles. The van der Waals surface area contributed by atoms with Crippen molar-refractivity contribution in [3.63, 3.8) is 0 Å². The first-order valence-corrected chi connectivity index (χ1v) is 9.34. The van der Waals surface area contributed by atoms with Gasteiger partial charge in [0, 0.05) is 24.7 Å². The van der Waals surface area contributed by atoms with Gasteiger partial charge in [-0.3, -0.25) is 9.59 Å². The average molecular weight is 366 g/mol. The molecule has 0 saturated carbocycles. The van der Waals surface area contributed by atoms with E-state index in [0.29, 0.717) is 18.4 Å². The molecule has 0 aromatic heterocycles. The zero-order valence-corrected chi connectivity index (χ0v) is 14.5. The summed E-state index contributed by atoms with van der Waals surface area (Å²) >= 11 is 0. The van der Waals surface area contributed by atoms with Gasteiger partial charge in [0.05, 0.1) is 4.90 Å². The monoisotopic (exact) mass is 366 g/mol. The van der Waals surface area contributed by atoms with Gasteiger partial charge in [0.15, 0.2) is 12.4 Å². The molecule has 0 bridgehead atoms. The standard InChI is InChI=1S/C16H18N2O6S/c1-11(19)12-3-2-4-14(9-12)25(22,23)17-7-5-13(6-8-17)18-15(20)10-24-16(18)21/h2-4,9,13H,5-8,10H2,1H3. The summed E-state index contributed by atoms with van der Waals surface area (Å²) in [7, 11) is -3.73. The number of piperidine rings is 1. The van der Waals surface area contributed by atoms with Crippen molar-refractivity contribution in [3.05, 3.63) is 29.8 Å². The molecule has 0 spiro atoms. The number of cyclic esters (lactones) is 1. The molecule has 25 heavy (non-hydrogen) atoms. The van der Waals surface area contributed by atoms with Crippen molar-refractivity contribution < 1.29 is 27.5 Å². The third-order valence-corrected chi connectivity index (χ3v) is 6.35. The van der Waals surface area contributed by atoms with Crippen molar-refractivity contribution >= 4 is 27.8 Å². The highest BCUT2D eigenvalue weighted by Gasteiger charge is 2.40. The topological polar surface area (TPSA) is 101 Å². The van der Waals surface area contributed by atoms with E-state index in [2.05, 4.69) is 0 Å². The van der Waals surface area contributed by atoms with Crippen molar-refractivity contribution in [3.8, 4) is 0 Å². The van der Waals surface area contributed by atoms with Crippen LogP contribution in [0.2, 0.25) is 0 Å². The molecule has 2 amide bonds. The number of nitrogens with zero attached hydrogens (tertiary/aromatic N) is 2. The summed E-state index contributed by atoms with van der Waals surface area (Å²) in [5.74, 6) is -0.595. The van der Waals surface area contributed by atoms with Crippen LogP contribution < -0.4 is 0 Å². The second-order valence-corrected chi connectivity index (χ2v) is 7.98. The number of ether oxygens (including phenoxy) is 1. The Balaban J connectivity index is 1.73. The maximum Gasteiger partial charge on any atom is 0.417 e. The van der Waals surface area contributed by atoms with Gasteiger partial charge >= 0.3 is 6.09 Å². The van der Waals surface area contributed by atoms with E-state index >= 15 is 0 Å². The fourth-order valence-electron chi connectivity index (χ4n) is 3.08. The van der Waals surface area contributed by atoms with Crippen LogP contribution in [0, 0.1) is 0 Å². The van der Waals surface area contributed by atoms with Crippen LogP contribution in [0.25, 0.3) is 0 Å². The van der Waals surface area contributed by atoms with Crippen LogP contribution in [0.15, 0.2) is 29.2 Å². The maximum atomic E-state index is 12.8. The van der Waals surface area contributed by atoms with E-state index in [4.69, 9.17) is 4.74 Å². The van der Waals surface area contributed by atoms with Crippen LogP contribution in [0.5, 0.6) is 0 Å². The Morgan fingerprint density at radius 1 is 1.20 bits per heavy atom. The number of rotatable bonds is 4. The Kier molecular flexibility index (Phi) is 4.61. The van der Waals surface area contributed by atoms with E-state index in [1.807, 2.05) is 0 Å². The molecule has 1 aromatic rings. The molecule has 0 atom stereocenters. The number of carbonyl (C=O) groups is 3. The summed E-state index contributed by atoms with van der Waals surface area (Å²) in [6, 6.07) is 5.57. The van der Waals surface area contributed by atoms with Crippen LogP contribution in [0.3, 0.4) is 0 Å². The van der Waals surface area contributed by atoms with Crippen LogP contribution in [0.4, 0.5) is 4.79 Å². The van der Waals surface area contributed by atoms with Crippen LogP contribution in [-0.4, -0.2) is 61.1 Å². The van der Waals surface area contributed by atoms with E-state index in [1.165, 1.54) is 29.4 Å². The average Bonchev–Trinajstić information content (AvgIpc) is 2.93. The summed E-state index contributed by atoms with van der Waals surface area (Å²) in [6.07, 6.45) is 0.0410. The molecule has 0 N–H and O–H groups in total. The fourth-order valence-corrected chi connectivity index (χ4v) is 4.60. The number of hydrogen-bond donors (Lipinski definition) is 0. The highest BCUT2D eigenvalue weighted by Crippen LogP contribution is 2.25. The lowest BCUT2D eigenvalue weighted by Gasteiger charge is -2.34. The molecule has 2 aliphatic heterocycles. The summed E-state index contributed by atoms with van der Waals surface area (Å²) in [4.78, 5) is 35.9. The summed E-state index contributed by atoms with van der Waals surface area (Å²) in [6.45, 7) is 1.50. The molecule has 9 heteroatoms. The first-order chi connectivity index (χ1) is 11.8. The number of sulfonamides is 1. The van der Waals surface area contributed by atoms with Crippen LogP contribution in [0.1, 0.15) is 30.1 Å². The Labute approximate surface area is 145 Å². The largest absolute Gasteiger partial charge is 0.439 e. The number of imide groups is 1. The third kappa shape index (κ3) is 3.29. The highest BCUT2D eigenvalue weighted by atomic mass is 32.2. The molecule has 0 unspecified atom stereocenters. The lowest BCUT2D eigenvalue weighted by Crippen LogP contribution is -2.48. The first kappa shape index (κ1) is 17.6. The Bertz CT molecular complexity index is 811. The Morgan fingerprint density at radius 2 is 1.88 bits per heavy atom. The quantitative estimate of drug-likeness (QED) is 0.738. The van der Waals surface area contributed by atoms with Crippen molar-refractivity contribution in [1.29, 1.82) is 0 Å². The lowest BCUT2D eigenvalue weighted by molar-refractivity contribution is -0.127. The molecule has 3 rings (SSSR count). The molecule has 0 radical (unpaired) electrons. The minimum absolute atomic E-state index is 0.0651. The van der Waals surface area contributed by atoms with E-state index in [0.717, 1.165) is 4.90 Å². The van der Waals surface area contributed by atoms with Gasteiger partial charge in [0.25, 0.3) is 5.91 Å². The zero-order valence-electron chi connectivity index (χ0n) is 13.7. The number of amides is 2. The van der Waals surface area contributed by atoms with Crippen molar-refractivity contribution in [2.75, 3.05) is 19.7 Å². The summed E-state index contributed by atoms with van der Waals surface area (Å²) in [5.41, 5.74) is 0.335. The number of Topliss-reactive ketones (excluding diaryl/α,β-unsaturated/α-hetero) is 1. The van der Waals surface area contributed by atoms with Gasteiger partial charge < -0.3 is 4.74 Å². The third-order valence-electron chi connectivity index (χ3n) is 4.45. The molecule has 8 nitrogen and oxygen atoms in total. The Morgan fingerprint density at radius 3 is 2.44 bits per heavy atom. The highest BCUT2D eigenvalue weighted by molar-refractivity contribution is 7.89. The Hall–Kier alpha value is -2.26. The predicted molar refractivity (Wildman–Crippen MR) is 86.4 cm³/mol. The normalized spacial score (nSPS) is 20.0. The van der Waals surface area contributed by atoms with Crippen LogP contribution >= 0.6 is 0 Å². The number of benzene rings is 1. The number of carbonyl (C=O) groups excluding carboxylic acids is 3. The van der Waals surface area contributed by atoms with E-state index in [-0.39, 0.29) is 42.3 Å². The maximum absolute atomic E-state index is 12.8. The summed E-state index contributed by atoms with van der Waals surface area (Å²) < 4.78 is 31.5. The second kappa shape index (κ2) is 6.57. The minimum Gasteiger partial charge on any atom is -0.439 e. The van der Waals surface area contributed by atoms with Gasteiger partial charge in [-0.25, -0.2) is 18.1 Å². The molecule has 2 fully saturated rings. The first-order valence-electron chi connectivity index (χ1n) is 7.90. The molecule has 2 heterocycles. The predicted octanol–water partition coefficient (Wildman–Crippen LogP) is 1.02. The van der Waals surface area contributed by atoms with Gasteiger partial charge in [0.1, 0.15) is 0 Å². The van der Waals surface area contributed by atoms with Gasteiger partial charge in [-0.2, -0.15) is 4.31 Å². The molecule has 0 aliphatic carbocycles. The van der Waals surface area contributed by atoms with E-state index in [1.54, 1.807) is 6.07 Å². The van der Waals surface area contributed by atoms with Crippen LogP contribution in [-0.2, 0) is 19.6 Å². The molecule has 1 aromatic carbocycles. The molecule has 134 valence electrons. The van der Waals surface area contributed by atoms with Gasteiger partial charge in [-0.1, -0.05) is 12.1 Å². The zero-order chi connectivity index (χ0) is 18.2. The number of ketones is 1.